The van der Waals surface area contributed by atoms with Gasteiger partial charge in [-0.15, -0.1) is 22.9 Å². The molecule has 1 heterocycles. The molecule has 2 unspecified atom stereocenters. The monoisotopic (exact) mass is 278 g/mol. The number of aliphatic hydroxyl groups excluding tert-OH is 2. The van der Waals surface area contributed by atoms with E-state index in [0.717, 1.165) is 11.3 Å². The molecular weight excluding hydrogens is 264 g/mol. The summed E-state index contributed by atoms with van der Waals surface area (Å²) < 4.78 is 4.84. The van der Waals surface area contributed by atoms with Crippen molar-refractivity contribution in [3.63, 3.8) is 0 Å². The van der Waals surface area contributed by atoms with Gasteiger partial charge in [-0.3, -0.25) is 0 Å². The quantitative estimate of drug-likeness (QED) is 0.616. The second-order valence-electron chi connectivity index (χ2n) is 3.41. The van der Waals surface area contributed by atoms with E-state index in [2.05, 4.69) is 0 Å². The van der Waals surface area contributed by atoms with Crippen LogP contribution in [-0.2, 0) is 4.74 Å². The Morgan fingerprint density at radius 3 is 2.82 bits per heavy atom. The first-order valence-corrected chi connectivity index (χ1v) is 6.64. The fourth-order valence-electron chi connectivity index (χ4n) is 1.28. The number of rotatable bonds is 6. The molecule has 1 aromatic rings. The van der Waals surface area contributed by atoms with Gasteiger partial charge in [0.05, 0.1) is 12.7 Å². The third kappa shape index (κ3) is 3.96. The number of carbonyl (C=O) groups is 1. The molecule has 1 aromatic heterocycles. The molecular formula is C11H15ClO4S. The molecule has 0 aliphatic carbocycles. The number of ether oxygens (including phenoxy) is 1. The first-order valence-electron chi connectivity index (χ1n) is 5.29. The minimum Gasteiger partial charge on any atom is -0.462 e. The standard InChI is InChI=1S/C11H15ClO4S/c1-2-16-11(15)9-4-3-8(17-9)10(14)7(13)5-6-12/h3-4,7,10,13-14H,2,5-6H2,1H3. The highest BCUT2D eigenvalue weighted by Gasteiger charge is 2.21. The second-order valence-corrected chi connectivity index (χ2v) is 4.91. The van der Waals surface area contributed by atoms with E-state index >= 15 is 0 Å². The summed E-state index contributed by atoms with van der Waals surface area (Å²) in [6, 6.07) is 3.19. The molecule has 0 fully saturated rings. The molecule has 4 nitrogen and oxygen atoms in total. The first kappa shape index (κ1) is 14.4. The number of esters is 1. The zero-order valence-corrected chi connectivity index (χ0v) is 11.0. The normalized spacial score (nSPS) is 14.4. The Hall–Kier alpha value is -0.620. The maximum Gasteiger partial charge on any atom is 0.348 e. The molecule has 0 aliphatic heterocycles. The second kappa shape index (κ2) is 6.96. The molecule has 0 amide bonds. The average molecular weight is 279 g/mol. The van der Waals surface area contributed by atoms with Crippen molar-refractivity contribution >= 4 is 28.9 Å². The Bertz CT molecular complexity index is 366. The van der Waals surface area contributed by atoms with Gasteiger partial charge in [-0.05, 0) is 25.5 Å². The number of halogens is 1. The van der Waals surface area contributed by atoms with E-state index in [4.69, 9.17) is 16.3 Å². The van der Waals surface area contributed by atoms with Crippen molar-refractivity contribution in [3.8, 4) is 0 Å². The lowest BCUT2D eigenvalue weighted by molar-refractivity contribution is 0.0191. The number of aliphatic hydroxyl groups is 2. The summed E-state index contributed by atoms with van der Waals surface area (Å²) in [6.07, 6.45) is -1.63. The molecule has 0 aromatic carbocycles. The fourth-order valence-corrected chi connectivity index (χ4v) is 2.45. The van der Waals surface area contributed by atoms with E-state index in [1.54, 1.807) is 19.1 Å². The maximum absolute atomic E-state index is 11.4. The zero-order valence-electron chi connectivity index (χ0n) is 9.43. The molecule has 2 atom stereocenters. The summed E-state index contributed by atoms with van der Waals surface area (Å²) in [5, 5.41) is 19.4. The summed E-state index contributed by atoms with van der Waals surface area (Å²) in [5.74, 6) is -0.142. The molecule has 6 heteroatoms. The molecule has 2 N–H and O–H groups in total. The van der Waals surface area contributed by atoms with Crippen molar-refractivity contribution in [2.24, 2.45) is 0 Å². The van der Waals surface area contributed by atoms with Crippen molar-refractivity contribution in [2.75, 3.05) is 12.5 Å². The smallest absolute Gasteiger partial charge is 0.348 e. The van der Waals surface area contributed by atoms with Gasteiger partial charge in [-0.2, -0.15) is 0 Å². The van der Waals surface area contributed by atoms with Gasteiger partial charge in [0.1, 0.15) is 11.0 Å². The van der Waals surface area contributed by atoms with Gasteiger partial charge in [0.2, 0.25) is 0 Å². The zero-order chi connectivity index (χ0) is 12.8. The number of alkyl halides is 1. The highest BCUT2D eigenvalue weighted by molar-refractivity contribution is 7.14. The van der Waals surface area contributed by atoms with Gasteiger partial charge in [-0.1, -0.05) is 0 Å². The van der Waals surface area contributed by atoms with E-state index in [1.807, 2.05) is 0 Å². The molecule has 0 saturated carbocycles. The lowest BCUT2D eigenvalue weighted by Crippen LogP contribution is -2.17. The van der Waals surface area contributed by atoms with Gasteiger partial charge < -0.3 is 14.9 Å². The lowest BCUT2D eigenvalue weighted by Gasteiger charge is -2.14. The Balaban J connectivity index is 2.70. The van der Waals surface area contributed by atoms with Crippen LogP contribution in [0.15, 0.2) is 12.1 Å². The van der Waals surface area contributed by atoms with E-state index in [9.17, 15) is 15.0 Å². The van der Waals surface area contributed by atoms with Crippen LogP contribution in [-0.4, -0.2) is 34.8 Å². The largest absolute Gasteiger partial charge is 0.462 e. The van der Waals surface area contributed by atoms with Crippen LogP contribution in [0.4, 0.5) is 0 Å². The molecule has 0 spiro atoms. The third-order valence-corrected chi connectivity index (χ3v) is 3.52. The van der Waals surface area contributed by atoms with Gasteiger partial charge >= 0.3 is 5.97 Å². The predicted molar refractivity (Wildman–Crippen MR) is 66.6 cm³/mol. The van der Waals surface area contributed by atoms with Crippen LogP contribution in [0.1, 0.15) is 34.0 Å². The summed E-state index contributed by atoms with van der Waals surface area (Å²) in [4.78, 5) is 12.3. The molecule has 0 radical (unpaired) electrons. The number of hydrogen-bond donors (Lipinski definition) is 2. The van der Waals surface area contributed by atoms with Crippen LogP contribution in [0.2, 0.25) is 0 Å². The molecule has 0 aliphatic rings. The topological polar surface area (TPSA) is 66.8 Å². The van der Waals surface area contributed by atoms with Crippen molar-refractivity contribution < 1.29 is 19.7 Å². The van der Waals surface area contributed by atoms with Crippen LogP contribution < -0.4 is 0 Å². The third-order valence-electron chi connectivity index (χ3n) is 2.16. The summed E-state index contributed by atoms with van der Waals surface area (Å²) in [7, 11) is 0. The summed E-state index contributed by atoms with van der Waals surface area (Å²) in [6.45, 7) is 2.04. The maximum atomic E-state index is 11.4. The predicted octanol–water partition coefficient (Wildman–Crippen LogP) is 1.95. The van der Waals surface area contributed by atoms with Crippen molar-refractivity contribution in [3.05, 3.63) is 21.9 Å². The van der Waals surface area contributed by atoms with E-state index in [0.29, 0.717) is 22.8 Å². The Labute approximate surface area is 109 Å². The minimum atomic E-state index is -1.01. The van der Waals surface area contributed by atoms with Crippen molar-refractivity contribution in [2.45, 2.75) is 25.6 Å². The molecule has 17 heavy (non-hydrogen) atoms. The van der Waals surface area contributed by atoms with Gasteiger partial charge in [-0.25, -0.2) is 4.79 Å². The SMILES string of the molecule is CCOC(=O)c1ccc(C(O)C(O)CCCl)s1. The van der Waals surface area contributed by atoms with Gasteiger partial charge in [0.25, 0.3) is 0 Å². The van der Waals surface area contributed by atoms with Crippen molar-refractivity contribution in [1.29, 1.82) is 0 Å². The van der Waals surface area contributed by atoms with E-state index < -0.39 is 18.2 Å². The highest BCUT2D eigenvalue weighted by atomic mass is 35.5. The van der Waals surface area contributed by atoms with Crippen LogP contribution in [0.5, 0.6) is 0 Å². The van der Waals surface area contributed by atoms with Crippen LogP contribution in [0, 0.1) is 0 Å². The van der Waals surface area contributed by atoms with Crippen LogP contribution in [0.3, 0.4) is 0 Å². The van der Waals surface area contributed by atoms with Crippen LogP contribution in [0.25, 0.3) is 0 Å². The Morgan fingerprint density at radius 2 is 2.24 bits per heavy atom. The first-order chi connectivity index (χ1) is 8.10. The van der Waals surface area contributed by atoms with Crippen LogP contribution >= 0.6 is 22.9 Å². The number of thiophene rings is 1. The minimum absolute atomic E-state index is 0.272. The molecule has 0 saturated heterocycles. The molecule has 96 valence electrons. The fraction of sp³-hybridized carbons (Fsp3) is 0.545. The number of carbonyl (C=O) groups excluding carboxylic acids is 1. The molecule has 1 rings (SSSR count). The lowest BCUT2D eigenvalue weighted by atomic mass is 10.1. The van der Waals surface area contributed by atoms with Gasteiger partial charge in [0.15, 0.2) is 0 Å². The van der Waals surface area contributed by atoms with E-state index in [-0.39, 0.29) is 5.88 Å². The summed E-state index contributed by atoms with van der Waals surface area (Å²) >= 11 is 6.60. The van der Waals surface area contributed by atoms with Crippen molar-refractivity contribution in [1.82, 2.24) is 0 Å². The van der Waals surface area contributed by atoms with Gasteiger partial charge in [0, 0.05) is 10.8 Å². The molecule has 0 bridgehead atoms. The average Bonchev–Trinajstić information content (AvgIpc) is 2.78. The highest BCUT2D eigenvalue weighted by Crippen LogP contribution is 2.27. The Kier molecular flexibility index (Phi) is 5.91. The van der Waals surface area contributed by atoms with E-state index in [1.165, 1.54) is 0 Å². The number of hydrogen-bond acceptors (Lipinski definition) is 5. The summed E-state index contributed by atoms with van der Waals surface area (Å²) in [5.41, 5.74) is 0. The Morgan fingerprint density at radius 1 is 1.53 bits per heavy atom.